The van der Waals surface area contributed by atoms with Crippen LogP contribution in [0.2, 0.25) is 10.0 Å². The lowest BCUT2D eigenvalue weighted by Gasteiger charge is -2.32. The van der Waals surface area contributed by atoms with Crippen molar-refractivity contribution in [3.8, 4) is 0 Å². The molecule has 0 aliphatic rings. The SMILES string of the molecule is CCc1ccccc1N(CC(=O)N(Cc1ccc(Cl)c(Cl)c1)C(C)C(=O)NC)S(=O)(=O)c1ccccc1. The smallest absolute Gasteiger partial charge is 0.264 e. The molecule has 0 saturated carbocycles. The van der Waals surface area contributed by atoms with Gasteiger partial charge in [0.05, 0.1) is 20.6 Å². The van der Waals surface area contributed by atoms with Crippen molar-refractivity contribution in [3.63, 3.8) is 0 Å². The Morgan fingerprint density at radius 1 is 0.946 bits per heavy atom. The van der Waals surface area contributed by atoms with E-state index in [9.17, 15) is 18.0 Å². The van der Waals surface area contributed by atoms with Crippen molar-refractivity contribution in [1.82, 2.24) is 10.2 Å². The summed E-state index contributed by atoms with van der Waals surface area (Å²) in [4.78, 5) is 27.8. The molecule has 0 fully saturated rings. The second kappa shape index (κ2) is 12.4. The molecule has 0 saturated heterocycles. The molecule has 3 aromatic carbocycles. The van der Waals surface area contributed by atoms with Crippen molar-refractivity contribution >= 4 is 50.7 Å². The zero-order valence-electron chi connectivity index (χ0n) is 20.8. The monoisotopic (exact) mass is 561 g/mol. The number of para-hydroxylation sites is 1. The van der Waals surface area contributed by atoms with Gasteiger partial charge in [-0.05, 0) is 54.8 Å². The summed E-state index contributed by atoms with van der Waals surface area (Å²) in [6.07, 6.45) is 0.562. The van der Waals surface area contributed by atoms with Crippen LogP contribution in [-0.2, 0) is 32.6 Å². The molecule has 196 valence electrons. The third-order valence-electron chi connectivity index (χ3n) is 6.00. The molecule has 3 aromatic rings. The van der Waals surface area contributed by atoms with Gasteiger partial charge in [-0.25, -0.2) is 8.42 Å². The van der Waals surface area contributed by atoms with Crippen LogP contribution in [0.15, 0.2) is 77.7 Å². The Kier molecular flexibility index (Phi) is 9.59. The number of carbonyl (C=O) groups excluding carboxylic acids is 2. The number of sulfonamides is 1. The van der Waals surface area contributed by atoms with E-state index in [1.807, 2.05) is 19.1 Å². The maximum Gasteiger partial charge on any atom is 0.264 e. The molecule has 0 radical (unpaired) electrons. The van der Waals surface area contributed by atoms with Crippen molar-refractivity contribution in [2.24, 2.45) is 0 Å². The molecule has 0 aliphatic heterocycles. The summed E-state index contributed by atoms with van der Waals surface area (Å²) in [7, 11) is -2.63. The van der Waals surface area contributed by atoms with Gasteiger partial charge in [0.25, 0.3) is 10.0 Å². The van der Waals surface area contributed by atoms with Crippen LogP contribution in [0.5, 0.6) is 0 Å². The number of amides is 2. The summed E-state index contributed by atoms with van der Waals surface area (Å²) in [6, 6.07) is 19.1. The first-order chi connectivity index (χ1) is 17.6. The number of benzene rings is 3. The summed E-state index contributed by atoms with van der Waals surface area (Å²) < 4.78 is 28.7. The van der Waals surface area contributed by atoms with Crippen LogP contribution < -0.4 is 9.62 Å². The molecular weight excluding hydrogens is 533 g/mol. The van der Waals surface area contributed by atoms with E-state index in [0.717, 1.165) is 9.87 Å². The number of nitrogens with one attached hydrogen (secondary N) is 1. The van der Waals surface area contributed by atoms with E-state index in [2.05, 4.69) is 5.32 Å². The highest BCUT2D eigenvalue weighted by molar-refractivity contribution is 7.92. The number of nitrogens with zero attached hydrogens (tertiary/aromatic N) is 2. The van der Waals surface area contributed by atoms with E-state index in [1.165, 1.54) is 24.1 Å². The third-order valence-corrected chi connectivity index (χ3v) is 8.51. The van der Waals surface area contributed by atoms with Crippen LogP contribution in [0.4, 0.5) is 5.69 Å². The van der Waals surface area contributed by atoms with E-state index >= 15 is 0 Å². The van der Waals surface area contributed by atoms with Crippen LogP contribution in [0.3, 0.4) is 0 Å². The van der Waals surface area contributed by atoms with Crippen molar-refractivity contribution < 1.29 is 18.0 Å². The number of rotatable bonds is 10. The molecule has 1 unspecified atom stereocenters. The molecule has 0 aromatic heterocycles. The number of anilines is 1. The van der Waals surface area contributed by atoms with Crippen molar-refractivity contribution in [2.45, 2.75) is 37.8 Å². The zero-order chi connectivity index (χ0) is 27.2. The molecule has 3 rings (SSSR count). The van der Waals surface area contributed by atoms with Gasteiger partial charge in [-0.15, -0.1) is 0 Å². The van der Waals surface area contributed by atoms with Crippen LogP contribution in [0, 0.1) is 0 Å². The first-order valence-corrected chi connectivity index (χ1v) is 13.9. The lowest BCUT2D eigenvalue weighted by Crippen LogP contribution is -2.50. The molecule has 1 N–H and O–H groups in total. The summed E-state index contributed by atoms with van der Waals surface area (Å²) in [6.45, 7) is 3.03. The van der Waals surface area contributed by atoms with Gasteiger partial charge in [0.1, 0.15) is 12.6 Å². The van der Waals surface area contributed by atoms with E-state index in [0.29, 0.717) is 27.7 Å². The Hall–Kier alpha value is -3.07. The molecule has 0 aliphatic carbocycles. The minimum Gasteiger partial charge on any atom is -0.357 e. The van der Waals surface area contributed by atoms with Crippen molar-refractivity contribution in [3.05, 3.63) is 94.0 Å². The van der Waals surface area contributed by atoms with Crippen LogP contribution >= 0.6 is 23.2 Å². The van der Waals surface area contributed by atoms with Gasteiger partial charge in [0.2, 0.25) is 11.8 Å². The average molecular weight is 563 g/mol. The van der Waals surface area contributed by atoms with Crippen molar-refractivity contribution in [2.75, 3.05) is 17.9 Å². The highest BCUT2D eigenvalue weighted by Crippen LogP contribution is 2.28. The van der Waals surface area contributed by atoms with Gasteiger partial charge in [-0.1, -0.05) is 72.6 Å². The third kappa shape index (κ3) is 6.63. The van der Waals surface area contributed by atoms with Gasteiger partial charge in [-0.3, -0.25) is 13.9 Å². The largest absolute Gasteiger partial charge is 0.357 e. The molecule has 10 heteroatoms. The highest BCUT2D eigenvalue weighted by atomic mass is 35.5. The number of aryl methyl sites for hydroxylation is 1. The predicted molar refractivity (Wildman–Crippen MR) is 147 cm³/mol. The number of halogens is 2. The topological polar surface area (TPSA) is 86.8 Å². The maximum absolute atomic E-state index is 13.8. The number of hydrogen-bond acceptors (Lipinski definition) is 4. The molecule has 1 atom stereocenters. The number of hydrogen-bond donors (Lipinski definition) is 1. The van der Waals surface area contributed by atoms with E-state index < -0.39 is 28.5 Å². The number of carbonyl (C=O) groups is 2. The predicted octanol–water partition coefficient (Wildman–Crippen LogP) is 4.91. The summed E-state index contributed by atoms with van der Waals surface area (Å²) in [5.41, 5.74) is 1.82. The fourth-order valence-corrected chi connectivity index (χ4v) is 5.71. The quantitative estimate of drug-likeness (QED) is 0.380. The molecule has 37 heavy (non-hydrogen) atoms. The average Bonchev–Trinajstić information content (AvgIpc) is 2.91. The van der Waals surface area contributed by atoms with Gasteiger partial charge >= 0.3 is 0 Å². The van der Waals surface area contributed by atoms with Crippen LogP contribution in [0.25, 0.3) is 0 Å². The maximum atomic E-state index is 13.8. The lowest BCUT2D eigenvalue weighted by atomic mass is 10.1. The molecule has 0 spiro atoms. The standard InChI is InChI=1S/C27H29Cl2N3O4S/c1-4-21-10-8-9-13-25(21)32(37(35,36)22-11-6-5-7-12-22)18-26(33)31(19(2)27(34)30-3)17-20-14-15-23(28)24(29)16-20/h5-16,19H,4,17-18H2,1-3H3,(H,30,34). The van der Waals surface area contributed by atoms with E-state index in [-0.39, 0.29) is 17.3 Å². The normalized spacial score (nSPS) is 12.0. The molecule has 7 nitrogen and oxygen atoms in total. The fraction of sp³-hybridized carbons (Fsp3) is 0.259. The van der Waals surface area contributed by atoms with Gasteiger partial charge < -0.3 is 10.2 Å². The fourth-order valence-electron chi connectivity index (χ4n) is 3.91. The number of likely N-dealkylation sites (N-methyl/N-ethyl adjacent to an activating group) is 1. The van der Waals surface area contributed by atoms with E-state index in [1.54, 1.807) is 55.5 Å². The Labute approximate surface area is 228 Å². The zero-order valence-corrected chi connectivity index (χ0v) is 23.1. The Morgan fingerprint density at radius 3 is 2.22 bits per heavy atom. The summed E-state index contributed by atoms with van der Waals surface area (Å²) in [5, 5.41) is 3.22. The first-order valence-electron chi connectivity index (χ1n) is 11.7. The van der Waals surface area contributed by atoms with Crippen LogP contribution in [0.1, 0.15) is 25.0 Å². The second-order valence-corrected chi connectivity index (χ2v) is 11.0. The minimum absolute atomic E-state index is 0.0267. The van der Waals surface area contributed by atoms with Crippen LogP contribution in [-0.4, -0.2) is 44.8 Å². The molecule has 2 amide bonds. The summed E-state index contributed by atoms with van der Waals surface area (Å²) in [5.74, 6) is -0.938. The van der Waals surface area contributed by atoms with Gasteiger partial charge in [0, 0.05) is 13.6 Å². The second-order valence-electron chi connectivity index (χ2n) is 8.37. The minimum atomic E-state index is -4.11. The highest BCUT2D eigenvalue weighted by Gasteiger charge is 2.33. The molecule has 0 heterocycles. The first kappa shape index (κ1) is 28.5. The summed E-state index contributed by atoms with van der Waals surface area (Å²) >= 11 is 12.2. The Bertz CT molecular complexity index is 1370. The molecule has 0 bridgehead atoms. The van der Waals surface area contributed by atoms with Gasteiger partial charge in [-0.2, -0.15) is 0 Å². The Morgan fingerprint density at radius 2 is 1.59 bits per heavy atom. The lowest BCUT2D eigenvalue weighted by molar-refractivity contribution is -0.139. The van der Waals surface area contributed by atoms with Crippen molar-refractivity contribution in [1.29, 1.82) is 0 Å². The molecular formula is C27H29Cl2N3O4S. The Balaban J connectivity index is 2.07. The van der Waals surface area contributed by atoms with Gasteiger partial charge in [0.15, 0.2) is 0 Å². The van der Waals surface area contributed by atoms with E-state index in [4.69, 9.17) is 23.2 Å².